The summed E-state index contributed by atoms with van der Waals surface area (Å²) < 4.78 is 54.1. The van der Waals surface area contributed by atoms with Gasteiger partial charge in [-0.3, -0.25) is 0 Å². The molecule has 0 radical (unpaired) electrons. The molecule has 0 unspecified atom stereocenters. The minimum Gasteiger partial charge on any atom is -0.496 e. The molecule has 0 spiro atoms. The number of nitrogens with one attached hydrogen (secondary N) is 1. The number of rotatable bonds is 5. The molecule has 23 heavy (non-hydrogen) atoms. The lowest BCUT2D eigenvalue weighted by molar-refractivity contribution is 0.419. The highest BCUT2D eigenvalue weighted by Crippen LogP contribution is 2.30. The van der Waals surface area contributed by atoms with Crippen molar-refractivity contribution >= 4 is 28.3 Å². The van der Waals surface area contributed by atoms with E-state index in [0.29, 0.717) is 16.8 Å². The first-order valence-corrected chi connectivity index (χ1v) is 7.07. The van der Waals surface area contributed by atoms with Gasteiger partial charge in [0.2, 0.25) is 0 Å². The van der Waals surface area contributed by atoms with E-state index < -0.39 is 18.8 Å². The second-order valence-corrected chi connectivity index (χ2v) is 5.11. The Morgan fingerprint density at radius 1 is 1.39 bits per heavy atom. The maximum Gasteiger partial charge on any atom is 0.147 e. The molecule has 3 aromatic rings. The fraction of sp³-hybridized carbons (Fsp3) is 0.250. The number of methoxy groups -OCH3 is 1. The molecule has 2 aromatic heterocycles. The SMILES string of the molecule is [2H]C([2H])(Nc1cc(Cl)ncn1)C([2H])([2H])n1c(C)cc2c(OC)ccc(F)c21. The Morgan fingerprint density at radius 3 is 2.96 bits per heavy atom. The summed E-state index contributed by atoms with van der Waals surface area (Å²) in [5, 5.41) is 2.79. The zero-order valence-corrected chi connectivity index (χ0v) is 13.1. The summed E-state index contributed by atoms with van der Waals surface area (Å²) in [6.45, 7) is -3.80. The first kappa shape index (κ1) is 11.2. The highest BCUT2D eigenvalue weighted by atomic mass is 35.5. The van der Waals surface area contributed by atoms with Gasteiger partial charge < -0.3 is 14.6 Å². The minimum absolute atomic E-state index is 0.00366. The molecule has 3 rings (SSSR count). The van der Waals surface area contributed by atoms with Crippen molar-refractivity contribution in [3.05, 3.63) is 47.3 Å². The number of hydrogen-bond acceptors (Lipinski definition) is 4. The summed E-state index contributed by atoms with van der Waals surface area (Å²) in [6.07, 6.45) is 1.12. The Bertz CT molecular complexity index is 1010. The summed E-state index contributed by atoms with van der Waals surface area (Å²) in [5.41, 5.74) is 0.230. The number of ether oxygens (including phenoxy) is 1. The van der Waals surface area contributed by atoms with Crippen molar-refractivity contribution in [1.82, 2.24) is 14.5 Å². The van der Waals surface area contributed by atoms with Gasteiger partial charge >= 0.3 is 0 Å². The van der Waals surface area contributed by atoms with Crippen LogP contribution in [0.3, 0.4) is 0 Å². The van der Waals surface area contributed by atoms with Crippen molar-refractivity contribution in [2.75, 3.05) is 18.9 Å². The smallest absolute Gasteiger partial charge is 0.147 e. The average molecular weight is 339 g/mol. The summed E-state index contributed by atoms with van der Waals surface area (Å²) in [5.74, 6) is -0.333. The molecule has 0 saturated carbocycles. The van der Waals surface area contributed by atoms with Crippen LogP contribution in [0.2, 0.25) is 5.15 Å². The average Bonchev–Trinajstić information content (AvgIpc) is 2.93. The van der Waals surface area contributed by atoms with Crippen LogP contribution in [-0.2, 0) is 6.50 Å². The number of benzene rings is 1. The number of halogens is 2. The second-order valence-electron chi connectivity index (χ2n) is 4.72. The maximum absolute atomic E-state index is 14.6. The molecule has 1 N–H and O–H groups in total. The van der Waals surface area contributed by atoms with E-state index in [1.165, 1.54) is 19.2 Å². The highest BCUT2D eigenvalue weighted by Gasteiger charge is 2.14. The summed E-state index contributed by atoms with van der Waals surface area (Å²) in [6, 6.07) is 5.40. The molecule has 0 aliphatic carbocycles. The highest BCUT2D eigenvalue weighted by molar-refractivity contribution is 6.29. The van der Waals surface area contributed by atoms with E-state index in [1.807, 2.05) is 0 Å². The molecule has 2 heterocycles. The predicted octanol–water partition coefficient (Wildman–Crippen LogP) is 3.65. The van der Waals surface area contributed by atoms with Crippen LogP contribution in [0.15, 0.2) is 30.6 Å². The van der Waals surface area contributed by atoms with Gasteiger partial charge in [-0.25, -0.2) is 14.4 Å². The van der Waals surface area contributed by atoms with Crippen LogP contribution in [0.1, 0.15) is 11.2 Å². The van der Waals surface area contributed by atoms with Crippen molar-refractivity contribution in [3.63, 3.8) is 0 Å². The molecule has 120 valence electrons. The maximum atomic E-state index is 14.6. The van der Waals surface area contributed by atoms with Crippen LogP contribution >= 0.6 is 11.6 Å². The summed E-state index contributed by atoms with van der Waals surface area (Å²) >= 11 is 5.77. The number of aromatic nitrogens is 3. The zero-order valence-electron chi connectivity index (χ0n) is 16.4. The molecule has 0 amide bonds. The van der Waals surface area contributed by atoms with Crippen molar-refractivity contribution in [1.29, 1.82) is 0 Å². The molecule has 0 aliphatic rings. The second kappa shape index (κ2) is 6.42. The van der Waals surface area contributed by atoms with Gasteiger partial charge in [-0.1, -0.05) is 11.6 Å². The molecular weight excluding hydrogens is 319 g/mol. The van der Waals surface area contributed by atoms with E-state index >= 15 is 0 Å². The number of anilines is 1. The quantitative estimate of drug-likeness (QED) is 0.721. The Hall–Kier alpha value is -2.34. The van der Waals surface area contributed by atoms with Crippen molar-refractivity contribution < 1.29 is 14.6 Å². The molecule has 0 atom stereocenters. The first-order valence-electron chi connectivity index (χ1n) is 8.69. The lowest BCUT2D eigenvalue weighted by Crippen LogP contribution is -2.12. The Kier molecular flexibility index (Phi) is 3.13. The lowest BCUT2D eigenvalue weighted by Gasteiger charge is -2.11. The standard InChI is InChI=1S/C16H16ClFN4O/c1-10-7-11-13(23-2)4-3-12(18)16(11)22(10)6-5-19-15-8-14(17)20-9-21-15/h3-4,7-9H,5-6H2,1-2H3,(H,19,20,21)/i5D2,6D2. The zero-order chi connectivity index (χ0) is 20.0. The minimum atomic E-state index is -2.69. The van der Waals surface area contributed by atoms with Crippen LogP contribution in [0, 0.1) is 12.7 Å². The predicted molar refractivity (Wildman–Crippen MR) is 88.7 cm³/mol. The number of fused-ring (bicyclic) bond motifs is 1. The monoisotopic (exact) mass is 338 g/mol. The van der Waals surface area contributed by atoms with Crippen molar-refractivity contribution in [2.45, 2.75) is 13.4 Å². The van der Waals surface area contributed by atoms with Crippen LogP contribution in [0.4, 0.5) is 10.2 Å². The fourth-order valence-corrected chi connectivity index (χ4v) is 2.40. The van der Waals surface area contributed by atoms with Crippen molar-refractivity contribution in [2.24, 2.45) is 0 Å². The Morgan fingerprint density at radius 2 is 2.22 bits per heavy atom. The lowest BCUT2D eigenvalue weighted by atomic mass is 10.2. The number of aryl methyl sites for hydroxylation is 2. The summed E-state index contributed by atoms with van der Waals surface area (Å²) in [4.78, 5) is 7.53. The van der Waals surface area contributed by atoms with Crippen LogP contribution in [-0.4, -0.2) is 28.1 Å². The van der Waals surface area contributed by atoms with Crippen molar-refractivity contribution in [3.8, 4) is 5.75 Å². The van der Waals surface area contributed by atoms with Gasteiger partial charge in [0.15, 0.2) is 0 Å². The van der Waals surface area contributed by atoms with Gasteiger partial charge in [-0.2, -0.15) is 0 Å². The third-order valence-electron chi connectivity index (χ3n) is 3.27. The van der Waals surface area contributed by atoms with Gasteiger partial charge in [0.05, 0.1) is 18.1 Å². The third kappa shape index (κ3) is 3.07. The van der Waals surface area contributed by atoms with E-state index in [0.717, 1.165) is 17.0 Å². The van der Waals surface area contributed by atoms with E-state index in [4.69, 9.17) is 21.8 Å². The molecule has 0 fully saturated rings. The van der Waals surface area contributed by atoms with E-state index in [2.05, 4.69) is 15.3 Å². The van der Waals surface area contributed by atoms with E-state index in [1.54, 1.807) is 13.0 Å². The van der Waals surface area contributed by atoms with Gasteiger partial charge in [0.25, 0.3) is 0 Å². The van der Waals surface area contributed by atoms with Gasteiger partial charge in [-0.15, -0.1) is 0 Å². The van der Waals surface area contributed by atoms with E-state index in [-0.39, 0.29) is 16.5 Å². The normalized spacial score (nSPS) is 14.8. The van der Waals surface area contributed by atoms with Gasteiger partial charge in [0.1, 0.15) is 28.9 Å². The van der Waals surface area contributed by atoms with Crippen LogP contribution in [0.5, 0.6) is 5.75 Å². The van der Waals surface area contributed by atoms with Crippen LogP contribution < -0.4 is 10.1 Å². The largest absolute Gasteiger partial charge is 0.496 e. The molecule has 0 aliphatic heterocycles. The molecule has 5 nitrogen and oxygen atoms in total. The first-order chi connectivity index (χ1) is 12.6. The molecular formula is C16H16ClFN4O. The third-order valence-corrected chi connectivity index (χ3v) is 3.48. The van der Waals surface area contributed by atoms with Gasteiger partial charge in [0, 0.05) is 30.1 Å². The number of nitrogens with zero attached hydrogens (tertiary/aromatic N) is 3. The molecule has 0 bridgehead atoms. The van der Waals surface area contributed by atoms with E-state index in [9.17, 15) is 4.39 Å². The fourth-order valence-electron chi connectivity index (χ4n) is 2.25. The Labute approximate surface area is 143 Å². The topological polar surface area (TPSA) is 52.0 Å². The number of hydrogen-bond donors (Lipinski definition) is 1. The molecule has 0 saturated heterocycles. The van der Waals surface area contributed by atoms with Gasteiger partial charge in [-0.05, 0) is 25.1 Å². The Balaban J connectivity index is 2.15. The summed E-state index contributed by atoms with van der Waals surface area (Å²) in [7, 11) is 1.42. The molecule has 1 aromatic carbocycles. The molecule has 7 heteroatoms. The van der Waals surface area contributed by atoms with Crippen LogP contribution in [0.25, 0.3) is 10.9 Å².